The monoisotopic (exact) mass is 298 g/mol. The molecule has 4 heterocycles. The van der Waals surface area contributed by atoms with Gasteiger partial charge in [-0.15, -0.1) is 11.8 Å². The molecule has 2 aromatic rings. The molecule has 0 spiro atoms. The van der Waals surface area contributed by atoms with Gasteiger partial charge in [-0.1, -0.05) is 12.1 Å². The van der Waals surface area contributed by atoms with Crippen LogP contribution in [0.2, 0.25) is 0 Å². The zero-order valence-corrected chi connectivity index (χ0v) is 13.0. The van der Waals surface area contributed by atoms with Crippen LogP contribution < -0.4 is 9.13 Å². The Morgan fingerprint density at radius 3 is 1.43 bits per heavy atom. The van der Waals surface area contributed by atoms with E-state index in [1.807, 2.05) is 0 Å². The molecule has 2 saturated heterocycles. The van der Waals surface area contributed by atoms with E-state index in [1.165, 1.54) is 25.7 Å². The van der Waals surface area contributed by atoms with Gasteiger partial charge in [-0.3, -0.25) is 0 Å². The molecule has 2 fully saturated rings. The number of nitrogens with zero attached hydrogens (tertiary/aromatic N) is 2. The Bertz CT molecular complexity index is 533. The normalized spacial score (nSPS) is 31.8. The number of aromatic nitrogens is 2. The van der Waals surface area contributed by atoms with Gasteiger partial charge < -0.3 is 0 Å². The van der Waals surface area contributed by atoms with Gasteiger partial charge in [0.15, 0.2) is 36.9 Å². The van der Waals surface area contributed by atoms with E-state index in [-0.39, 0.29) is 0 Å². The zero-order valence-electron chi connectivity index (χ0n) is 12.2. The molecule has 21 heavy (non-hydrogen) atoms. The summed E-state index contributed by atoms with van der Waals surface area (Å²) in [4.78, 5) is 0. The standard InChI is InChI=1S/C18H22N2S/c1-3-11-19(12-4-1)15-7-9-18-16(8-10-17(15)21-18)20-13-5-2-6-14-20/h1-6,11-18H,7-10H2/q+2/t15-,16-,17-,18-/m1/s1. The maximum absolute atomic E-state index is 2.43. The Labute approximate surface area is 130 Å². The lowest BCUT2D eigenvalue weighted by molar-refractivity contribution is -0.733. The SMILES string of the molecule is c1cc[n+]([C@@H]2CC[C@H]3S[C@@H]2CC[C@H]3[n+]2ccccc2)cc1. The highest BCUT2D eigenvalue weighted by Gasteiger charge is 2.46. The van der Waals surface area contributed by atoms with Crippen LogP contribution in [0, 0.1) is 0 Å². The average molecular weight is 298 g/mol. The lowest BCUT2D eigenvalue weighted by Crippen LogP contribution is -2.54. The van der Waals surface area contributed by atoms with Gasteiger partial charge in [0.05, 0.1) is 10.5 Å². The summed E-state index contributed by atoms with van der Waals surface area (Å²) < 4.78 is 4.87. The van der Waals surface area contributed by atoms with Crippen molar-refractivity contribution in [3.63, 3.8) is 0 Å². The van der Waals surface area contributed by atoms with Crippen LogP contribution in [0.1, 0.15) is 37.8 Å². The molecule has 2 aliphatic rings. The van der Waals surface area contributed by atoms with E-state index in [2.05, 4.69) is 82.1 Å². The maximum atomic E-state index is 2.43. The van der Waals surface area contributed by atoms with Crippen molar-refractivity contribution in [3.05, 3.63) is 61.2 Å². The van der Waals surface area contributed by atoms with Crippen LogP contribution in [-0.2, 0) is 0 Å². The molecule has 3 heteroatoms. The van der Waals surface area contributed by atoms with Crippen LogP contribution in [0.3, 0.4) is 0 Å². The smallest absolute Gasteiger partial charge is 0.170 e. The number of hydrogen-bond donors (Lipinski definition) is 0. The largest absolute Gasteiger partial charge is 0.201 e. The molecule has 108 valence electrons. The fourth-order valence-electron chi connectivity index (χ4n) is 3.92. The van der Waals surface area contributed by atoms with Gasteiger partial charge in [-0.05, 0) is 12.8 Å². The van der Waals surface area contributed by atoms with E-state index < -0.39 is 0 Å². The van der Waals surface area contributed by atoms with E-state index in [1.54, 1.807) is 0 Å². The van der Waals surface area contributed by atoms with Crippen LogP contribution in [0.5, 0.6) is 0 Å². The summed E-state index contributed by atoms with van der Waals surface area (Å²) in [5.41, 5.74) is 0. The van der Waals surface area contributed by atoms with E-state index in [0.717, 1.165) is 10.5 Å². The summed E-state index contributed by atoms with van der Waals surface area (Å²) in [5.74, 6) is 0. The van der Waals surface area contributed by atoms with Crippen molar-refractivity contribution in [3.8, 4) is 0 Å². The van der Waals surface area contributed by atoms with Gasteiger partial charge in [-0.25, -0.2) is 9.13 Å². The van der Waals surface area contributed by atoms with Crippen LogP contribution in [-0.4, -0.2) is 10.5 Å². The van der Waals surface area contributed by atoms with Crippen LogP contribution in [0.4, 0.5) is 0 Å². The molecule has 2 aromatic heterocycles. The van der Waals surface area contributed by atoms with E-state index >= 15 is 0 Å². The Balaban J connectivity index is 1.52. The van der Waals surface area contributed by atoms with E-state index in [4.69, 9.17) is 0 Å². The van der Waals surface area contributed by atoms with Crippen molar-refractivity contribution in [1.82, 2.24) is 0 Å². The van der Waals surface area contributed by atoms with Crippen LogP contribution in [0.15, 0.2) is 61.2 Å². The molecule has 2 bridgehead atoms. The summed E-state index contributed by atoms with van der Waals surface area (Å²) in [6, 6.07) is 14.2. The van der Waals surface area contributed by atoms with Gasteiger partial charge >= 0.3 is 0 Å². The van der Waals surface area contributed by atoms with Crippen LogP contribution >= 0.6 is 11.8 Å². The molecule has 0 amide bonds. The highest BCUT2D eigenvalue weighted by atomic mass is 32.2. The lowest BCUT2D eigenvalue weighted by Gasteiger charge is -2.38. The van der Waals surface area contributed by atoms with Crippen molar-refractivity contribution in [2.24, 2.45) is 0 Å². The molecule has 4 atom stereocenters. The Kier molecular flexibility index (Phi) is 3.68. The first kappa shape index (κ1) is 13.3. The maximum Gasteiger partial charge on any atom is 0.170 e. The first-order valence-electron chi connectivity index (χ1n) is 7.99. The number of thioether (sulfide) groups is 1. The minimum atomic E-state index is 0.689. The second-order valence-electron chi connectivity index (χ2n) is 6.15. The van der Waals surface area contributed by atoms with Gasteiger partial charge in [0.25, 0.3) is 0 Å². The molecule has 0 unspecified atom stereocenters. The second kappa shape index (κ2) is 5.80. The third kappa shape index (κ3) is 2.59. The minimum absolute atomic E-state index is 0.689. The second-order valence-corrected chi connectivity index (χ2v) is 7.63. The zero-order chi connectivity index (χ0) is 14.1. The Morgan fingerprint density at radius 1 is 0.571 bits per heavy atom. The number of hydrogen-bond acceptors (Lipinski definition) is 1. The van der Waals surface area contributed by atoms with Crippen molar-refractivity contribution >= 4 is 11.8 Å². The summed E-state index contributed by atoms with van der Waals surface area (Å²) >= 11 is 2.24. The highest BCUT2D eigenvalue weighted by molar-refractivity contribution is 8.00. The van der Waals surface area contributed by atoms with Gasteiger partial charge in [-0.2, -0.15) is 0 Å². The van der Waals surface area contributed by atoms with E-state index in [0.29, 0.717) is 12.1 Å². The lowest BCUT2D eigenvalue weighted by atomic mass is 9.91. The quantitative estimate of drug-likeness (QED) is 0.773. The average Bonchev–Trinajstić information content (AvgIpc) is 2.57. The predicted octanol–water partition coefficient (Wildman–Crippen LogP) is 3.10. The number of pyridine rings is 2. The summed E-state index contributed by atoms with van der Waals surface area (Å²) in [6.07, 6.45) is 14.3. The molecule has 2 nitrogen and oxygen atoms in total. The molecule has 0 aromatic carbocycles. The third-order valence-electron chi connectivity index (χ3n) is 4.94. The number of fused-ring (bicyclic) bond motifs is 2. The molecule has 0 N–H and O–H groups in total. The molecule has 4 rings (SSSR count). The molecule has 2 aliphatic heterocycles. The Morgan fingerprint density at radius 2 is 1.00 bits per heavy atom. The Hall–Kier alpha value is -1.35. The number of rotatable bonds is 2. The molecule has 0 saturated carbocycles. The van der Waals surface area contributed by atoms with Gasteiger partial charge in [0.2, 0.25) is 0 Å². The first-order chi connectivity index (χ1) is 10.4. The van der Waals surface area contributed by atoms with Crippen molar-refractivity contribution in [1.29, 1.82) is 0 Å². The van der Waals surface area contributed by atoms with Crippen LogP contribution in [0.25, 0.3) is 0 Å². The molecule has 0 radical (unpaired) electrons. The highest BCUT2D eigenvalue weighted by Crippen LogP contribution is 2.47. The summed E-state index contributed by atoms with van der Waals surface area (Å²) in [5, 5.41) is 1.58. The van der Waals surface area contributed by atoms with Crippen molar-refractivity contribution in [2.45, 2.75) is 48.3 Å². The first-order valence-corrected chi connectivity index (χ1v) is 8.93. The molecule has 0 aliphatic carbocycles. The van der Waals surface area contributed by atoms with E-state index in [9.17, 15) is 0 Å². The third-order valence-corrected chi connectivity index (χ3v) is 6.74. The van der Waals surface area contributed by atoms with Crippen molar-refractivity contribution < 1.29 is 9.13 Å². The van der Waals surface area contributed by atoms with Gasteiger partial charge in [0, 0.05) is 37.1 Å². The molecular formula is C18H22N2S+2. The predicted molar refractivity (Wildman–Crippen MR) is 85.0 cm³/mol. The van der Waals surface area contributed by atoms with Crippen molar-refractivity contribution in [2.75, 3.05) is 0 Å². The minimum Gasteiger partial charge on any atom is -0.201 e. The molecular weight excluding hydrogens is 276 g/mol. The summed E-state index contributed by atoms with van der Waals surface area (Å²) in [6.45, 7) is 0. The van der Waals surface area contributed by atoms with Gasteiger partial charge in [0.1, 0.15) is 0 Å². The fourth-order valence-corrected chi connectivity index (χ4v) is 5.83. The fraction of sp³-hybridized carbons (Fsp3) is 0.444. The summed E-state index contributed by atoms with van der Waals surface area (Å²) in [7, 11) is 0. The topological polar surface area (TPSA) is 7.76 Å².